The number of carbonyl (C=O) groups is 2. The molecule has 0 saturated carbocycles. The third-order valence-corrected chi connectivity index (χ3v) is 7.36. The first kappa shape index (κ1) is 29.5. The molecule has 0 spiro atoms. The van der Waals surface area contributed by atoms with E-state index in [0.717, 1.165) is 18.2 Å². The van der Waals surface area contributed by atoms with Gasteiger partial charge in [-0.2, -0.15) is 0 Å². The van der Waals surface area contributed by atoms with Gasteiger partial charge in [-0.3, -0.25) is 13.9 Å². The van der Waals surface area contributed by atoms with E-state index >= 15 is 0 Å². The summed E-state index contributed by atoms with van der Waals surface area (Å²) in [5.41, 5.74) is 1.29. The van der Waals surface area contributed by atoms with E-state index in [1.807, 2.05) is 26.0 Å². The molecule has 0 bridgehead atoms. The normalized spacial score (nSPS) is 12.9. The minimum atomic E-state index is -3.58. The van der Waals surface area contributed by atoms with Crippen LogP contribution in [0.3, 0.4) is 0 Å². The van der Waals surface area contributed by atoms with E-state index in [0.29, 0.717) is 16.5 Å². The third-order valence-electron chi connectivity index (χ3n) is 5.93. The molecule has 0 radical (unpaired) electrons. The first-order valence-corrected chi connectivity index (χ1v) is 14.1. The van der Waals surface area contributed by atoms with Gasteiger partial charge < -0.3 is 15.0 Å². The Morgan fingerprint density at radius 1 is 1.11 bits per heavy atom. The molecule has 0 aromatic heterocycles. The number of anilines is 1. The van der Waals surface area contributed by atoms with Crippen molar-refractivity contribution in [3.63, 3.8) is 0 Å². The van der Waals surface area contributed by atoms with Crippen LogP contribution in [0, 0.1) is 0 Å². The topological polar surface area (TPSA) is 96.0 Å². The van der Waals surface area contributed by atoms with Crippen LogP contribution in [0.25, 0.3) is 0 Å². The summed E-state index contributed by atoms with van der Waals surface area (Å²) >= 11 is 6.04. The van der Waals surface area contributed by atoms with Crippen molar-refractivity contribution < 1.29 is 22.7 Å². The summed E-state index contributed by atoms with van der Waals surface area (Å²) in [7, 11) is -2.00. The average molecular weight is 538 g/mol. The molecule has 0 heterocycles. The average Bonchev–Trinajstić information content (AvgIpc) is 2.84. The number of halogens is 1. The van der Waals surface area contributed by atoms with Crippen LogP contribution in [0.15, 0.2) is 48.5 Å². The molecule has 36 heavy (non-hydrogen) atoms. The van der Waals surface area contributed by atoms with E-state index in [9.17, 15) is 18.0 Å². The third kappa shape index (κ3) is 8.71. The van der Waals surface area contributed by atoms with Crippen LogP contribution in [-0.2, 0) is 26.2 Å². The number of rotatable bonds is 13. The zero-order valence-corrected chi connectivity index (χ0v) is 23.1. The lowest BCUT2D eigenvalue weighted by molar-refractivity contribution is -0.140. The van der Waals surface area contributed by atoms with E-state index in [2.05, 4.69) is 5.32 Å². The summed E-state index contributed by atoms with van der Waals surface area (Å²) in [6.45, 7) is 5.93. The number of nitrogens with zero attached hydrogens (tertiary/aromatic N) is 2. The molecule has 0 unspecified atom stereocenters. The number of nitrogens with one attached hydrogen (secondary N) is 1. The van der Waals surface area contributed by atoms with Crippen LogP contribution in [0.5, 0.6) is 5.75 Å². The number of sulfonamides is 1. The van der Waals surface area contributed by atoms with Crippen molar-refractivity contribution in [1.29, 1.82) is 0 Å². The molecular weight excluding hydrogens is 502 g/mol. The van der Waals surface area contributed by atoms with Crippen molar-refractivity contribution in [2.45, 2.75) is 58.7 Å². The summed E-state index contributed by atoms with van der Waals surface area (Å²) < 4.78 is 31.2. The standard InChI is InChI=1S/C26H36ClN3O5S/c1-6-19(2)28-26(32)20(3)29(18-21-12-14-24(35-4)15-13-21)25(31)11-8-16-30(36(5,33)34)23-10-7-9-22(27)17-23/h7,9-10,12-15,17,19-20H,6,8,11,16,18H2,1-5H3,(H,28,32)/t19-,20+/m1/s1. The predicted molar refractivity (Wildman–Crippen MR) is 144 cm³/mol. The Morgan fingerprint density at radius 2 is 1.78 bits per heavy atom. The molecule has 10 heteroatoms. The smallest absolute Gasteiger partial charge is 0.242 e. The molecule has 0 aliphatic carbocycles. The van der Waals surface area contributed by atoms with Gasteiger partial charge in [-0.25, -0.2) is 8.42 Å². The number of carbonyl (C=O) groups excluding carboxylic acids is 2. The quantitative estimate of drug-likeness (QED) is 0.412. The van der Waals surface area contributed by atoms with Crippen molar-refractivity contribution in [2.75, 3.05) is 24.2 Å². The molecule has 8 nitrogen and oxygen atoms in total. The molecule has 0 fully saturated rings. The number of ether oxygens (including phenoxy) is 1. The molecular formula is C26H36ClN3O5S. The van der Waals surface area contributed by atoms with E-state index in [1.54, 1.807) is 50.4 Å². The minimum Gasteiger partial charge on any atom is -0.497 e. The lowest BCUT2D eigenvalue weighted by atomic mass is 10.1. The highest BCUT2D eigenvalue weighted by Crippen LogP contribution is 2.23. The van der Waals surface area contributed by atoms with E-state index < -0.39 is 16.1 Å². The minimum absolute atomic E-state index is 0.0149. The number of hydrogen-bond donors (Lipinski definition) is 1. The Labute approximate surface area is 219 Å². The van der Waals surface area contributed by atoms with Crippen LogP contribution in [0.4, 0.5) is 5.69 Å². The van der Waals surface area contributed by atoms with Gasteiger partial charge in [0.05, 0.1) is 19.1 Å². The van der Waals surface area contributed by atoms with Gasteiger partial charge >= 0.3 is 0 Å². The summed E-state index contributed by atoms with van der Waals surface area (Å²) in [6.07, 6.45) is 2.24. The Bertz CT molecular complexity index is 1120. The molecule has 2 aromatic carbocycles. The molecule has 2 atom stereocenters. The van der Waals surface area contributed by atoms with Gasteiger partial charge in [0.1, 0.15) is 11.8 Å². The fourth-order valence-corrected chi connectivity index (χ4v) is 4.75. The Balaban J connectivity index is 2.18. The first-order valence-electron chi connectivity index (χ1n) is 11.9. The van der Waals surface area contributed by atoms with Gasteiger partial charge in [0.15, 0.2) is 0 Å². The summed E-state index contributed by atoms with van der Waals surface area (Å²) in [5.74, 6) is 0.223. The number of methoxy groups -OCH3 is 1. The Morgan fingerprint density at radius 3 is 2.33 bits per heavy atom. The van der Waals surface area contributed by atoms with Crippen LogP contribution >= 0.6 is 11.6 Å². The van der Waals surface area contributed by atoms with Gasteiger partial charge in [0.25, 0.3) is 0 Å². The lowest BCUT2D eigenvalue weighted by Crippen LogP contribution is -2.49. The van der Waals surface area contributed by atoms with Crippen molar-refractivity contribution in [1.82, 2.24) is 10.2 Å². The van der Waals surface area contributed by atoms with Crippen molar-refractivity contribution in [3.05, 3.63) is 59.1 Å². The SMILES string of the molecule is CC[C@@H](C)NC(=O)[C@H](C)N(Cc1ccc(OC)cc1)C(=O)CCCN(c1cccc(Cl)c1)S(C)(=O)=O. The van der Waals surface area contributed by atoms with Crippen LogP contribution in [-0.4, -0.2) is 57.1 Å². The summed E-state index contributed by atoms with van der Waals surface area (Å²) in [6, 6.07) is 13.2. The number of hydrogen-bond acceptors (Lipinski definition) is 5. The highest BCUT2D eigenvalue weighted by Gasteiger charge is 2.27. The van der Waals surface area contributed by atoms with Crippen molar-refractivity contribution in [3.8, 4) is 5.75 Å². The molecule has 2 amide bonds. The van der Waals surface area contributed by atoms with E-state index in [1.165, 1.54) is 9.21 Å². The highest BCUT2D eigenvalue weighted by molar-refractivity contribution is 7.92. The largest absolute Gasteiger partial charge is 0.497 e. The fourth-order valence-electron chi connectivity index (χ4n) is 3.61. The zero-order valence-electron chi connectivity index (χ0n) is 21.5. The molecule has 0 aliphatic heterocycles. The molecule has 0 saturated heterocycles. The maximum Gasteiger partial charge on any atom is 0.242 e. The molecule has 1 N–H and O–H groups in total. The number of amides is 2. The van der Waals surface area contributed by atoms with Gasteiger partial charge in [-0.05, 0) is 62.6 Å². The van der Waals surface area contributed by atoms with Gasteiger partial charge in [-0.15, -0.1) is 0 Å². The monoisotopic (exact) mass is 537 g/mol. The maximum absolute atomic E-state index is 13.3. The van der Waals surface area contributed by atoms with Crippen LogP contribution in [0.1, 0.15) is 45.6 Å². The van der Waals surface area contributed by atoms with Crippen LogP contribution in [0.2, 0.25) is 5.02 Å². The molecule has 198 valence electrons. The van der Waals surface area contributed by atoms with Gasteiger partial charge in [0.2, 0.25) is 21.8 Å². The molecule has 0 aliphatic rings. The van der Waals surface area contributed by atoms with Crippen molar-refractivity contribution >= 4 is 39.1 Å². The molecule has 2 rings (SSSR count). The van der Waals surface area contributed by atoms with Gasteiger partial charge in [0, 0.05) is 30.6 Å². The second-order valence-electron chi connectivity index (χ2n) is 8.78. The predicted octanol–water partition coefficient (Wildman–Crippen LogP) is 4.23. The van der Waals surface area contributed by atoms with Crippen molar-refractivity contribution in [2.24, 2.45) is 0 Å². The van der Waals surface area contributed by atoms with E-state index in [-0.39, 0.29) is 43.8 Å². The highest BCUT2D eigenvalue weighted by atomic mass is 35.5. The summed E-state index contributed by atoms with van der Waals surface area (Å²) in [5, 5.41) is 3.36. The second kappa shape index (κ2) is 13.5. The van der Waals surface area contributed by atoms with Crippen LogP contribution < -0.4 is 14.4 Å². The Hall–Kier alpha value is -2.78. The Kier molecular flexibility index (Phi) is 11.0. The number of benzene rings is 2. The zero-order chi connectivity index (χ0) is 26.9. The van der Waals surface area contributed by atoms with E-state index in [4.69, 9.17) is 16.3 Å². The van der Waals surface area contributed by atoms with Gasteiger partial charge in [-0.1, -0.05) is 36.7 Å². The maximum atomic E-state index is 13.3. The first-order chi connectivity index (χ1) is 17.0. The molecule has 2 aromatic rings. The second-order valence-corrected chi connectivity index (χ2v) is 11.1. The summed E-state index contributed by atoms with van der Waals surface area (Å²) in [4.78, 5) is 27.7. The fraction of sp³-hybridized carbons (Fsp3) is 0.462. The lowest BCUT2D eigenvalue weighted by Gasteiger charge is -2.30.